The van der Waals surface area contributed by atoms with Gasteiger partial charge < -0.3 is 10.1 Å². The zero-order valence-corrected chi connectivity index (χ0v) is 9.80. The minimum Gasteiger partial charge on any atom is -0.492 e. The largest absolute Gasteiger partial charge is 0.492 e. The second-order valence-electron chi connectivity index (χ2n) is 2.80. The first-order valence-electron chi connectivity index (χ1n) is 4.53. The first-order chi connectivity index (χ1) is 6.74. The molecule has 0 atom stereocenters. The van der Waals surface area contributed by atoms with Crippen LogP contribution >= 0.6 is 15.9 Å². The lowest BCUT2D eigenvalue weighted by molar-refractivity contribution is 0.342. The molecule has 0 unspecified atom stereocenters. The van der Waals surface area contributed by atoms with E-state index in [1.165, 1.54) is 0 Å². The number of para-hydroxylation sites is 2. The van der Waals surface area contributed by atoms with E-state index >= 15 is 0 Å². The Kier molecular flexibility index (Phi) is 4.53. The lowest BCUT2D eigenvalue weighted by Gasteiger charge is -2.11. The van der Waals surface area contributed by atoms with Gasteiger partial charge in [-0.1, -0.05) is 34.6 Å². The summed E-state index contributed by atoms with van der Waals surface area (Å²) in [5, 5.41) is 3.23. The van der Waals surface area contributed by atoms with Crippen molar-refractivity contribution in [2.24, 2.45) is 0 Å². The normalized spacial score (nSPS) is 9.57. The highest BCUT2D eigenvalue weighted by Crippen LogP contribution is 2.23. The smallest absolute Gasteiger partial charge is 0.142 e. The second kappa shape index (κ2) is 5.70. The number of ether oxygens (including phenoxy) is 1. The number of hydrogen-bond acceptors (Lipinski definition) is 2. The Bertz CT molecular complexity index is 312. The van der Waals surface area contributed by atoms with E-state index in [9.17, 15) is 0 Å². The fraction of sp³-hybridized carbons (Fsp3) is 0.273. The first kappa shape index (κ1) is 11.1. The minimum atomic E-state index is 0.675. The zero-order chi connectivity index (χ0) is 10.4. The Labute approximate surface area is 93.1 Å². The number of hydrogen-bond donors (Lipinski definition) is 1. The van der Waals surface area contributed by atoms with E-state index in [0.717, 1.165) is 15.9 Å². The average Bonchev–Trinajstić information content (AvgIpc) is 2.17. The SMILES string of the molecule is C=C(Br)CNc1ccccc1OCC. The van der Waals surface area contributed by atoms with Gasteiger partial charge in [0.05, 0.1) is 12.3 Å². The fourth-order valence-corrected chi connectivity index (χ4v) is 1.23. The van der Waals surface area contributed by atoms with Crippen LogP contribution in [0.2, 0.25) is 0 Å². The van der Waals surface area contributed by atoms with Gasteiger partial charge in [0.2, 0.25) is 0 Å². The highest BCUT2D eigenvalue weighted by atomic mass is 79.9. The molecule has 0 heterocycles. The zero-order valence-electron chi connectivity index (χ0n) is 8.22. The Balaban J connectivity index is 2.68. The summed E-state index contributed by atoms with van der Waals surface area (Å²) in [7, 11) is 0. The van der Waals surface area contributed by atoms with Crippen molar-refractivity contribution in [1.29, 1.82) is 0 Å². The second-order valence-corrected chi connectivity index (χ2v) is 3.92. The third-order valence-corrected chi connectivity index (χ3v) is 1.94. The van der Waals surface area contributed by atoms with Crippen molar-refractivity contribution < 1.29 is 4.74 Å². The van der Waals surface area contributed by atoms with E-state index in [-0.39, 0.29) is 0 Å². The summed E-state index contributed by atoms with van der Waals surface area (Å²) < 4.78 is 6.38. The summed E-state index contributed by atoms with van der Waals surface area (Å²) >= 11 is 3.30. The molecule has 0 aliphatic heterocycles. The molecule has 0 saturated heterocycles. The molecule has 0 aliphatic rings. The third kappa shape index (κ3) is 3.42. The van der Waals surface area contributed by atoms with Crippen LogP contribution in [0.5, 0.6) is 5.75 Å². The summed E-state index contributed by atoms with van der Waals surface area (Å²) in [4.78, 5) is 0. The van der Waals surface area contributed by atoms with E-state index in [1.807, 2.05) is 31.2 Å². The van der Waals surface area contributed by atoms with Gasteiger partial charge in [-0.2, -0.15) is 0 Å². The third-order valence-electron chi connectivity index (χ3n) is 1.66. The summed E-state index contributed by atoms with van der Waals surface area (Å²) in [6, 6.07) is 7.87. The molecule has 76 valence electrons. The van der Waals surface area contributed by atoms with Crippen molar-refractivity contribution in [3.05, 3.63) is 35.3 Å². The number of rotatable bonds is 5. The van der Waals surface area contributed by atoms with Crippen LogP contribution in [-0.4, -0.2) is 13.2 Å². The van der Waals surface area contributed by atoms with Gasteiger partial charge >= 0.3 is 0 Å². The summed E-state index contributed by atoms with van der Waals surface area (Å²) in [5.74, 6) is 0.878. The Morgan fingerprint density at radius 2 is 2.21 bits per heavy atom. The molecular weight excluding hydrogens is 242 g/mol. The Hall–Kier alpha value is -0.960. The van der Waals surface area contributed by atoms with Crippen LogP contribution < -0.4 is 10.1 Å². The van der Waals surface area contributed by atoms with Crippen molar-refractivity contribution in [2.75, 3.05) is 18.5 Å². The maximum absolute atomic E-state index is 5.46. The highest BCUT2D eigenvalue weighted by Gasteiger charge is 2.00. The lowest BCUT2D eigenvalue weighted by Crippen LogP contribution is -2.03. The molecule has 1 aromatic rings. The van der Waals surface area contributed by atoms with Gasteiger partial charge in [0, 0.05) is 11.0 Å². The van der Waals surface area contributed by atoms with E-state index in [1.54, 1.807) is 0 Å². The topological polar surface area (TPSA) is 21.3 Å². The first-order valence-corrected chi connectivity index (χ1v) is 5.32. The summed E-state index contributed by atoms with van der Waals surface area (Å²) in [6.45, 7) is 7.10. The maximum Gasteiger partial charge on any atom is 0.142 e. The van der Waals surface area contributed by atoms with Gasteiger partial charge in [-0.3, -0.25) is 0 Å². The van der Waals surface area contributed by atoms with Crippen LogP contribution in [-0.2, 0) is 0 Å². The molecule has 0 fully saturated rings. The van der Waals surface area contributed by atoms with Crippen LogP contribution in [0.25, 0.3) is 0 Å². The van der Waals surface area contributed by atoms with E-state index in [4.69, 9.17) is 4.74 Å². The summed E-state index contributed by atoms with van der Waals surface area (Å²) in [5.41, 5.74) is 0.995. The van der Waals surface area contributed by atoms with Gasteiger partial charge in [-0.25, -0.2) is 0 Å². The van der Waals surface area contributed by atoms with Gasteiger partial charge in [-0.15, -0.1) is 0 Å². The predicted octanol–water partition coefficient (Wildman–Crippen LogP) is 3.41. The highest BCUT2D eigenvalue weighted by molar-refractivity contribution is 9.11. The molecule has 14 heavy (non-hydrogen) atoms. The Morgan fingerprint density at radius 3 is 2.86 bits per heavy atom. The molecule has 0 aliphatic carbocycles. The van der Waals surface area contributed by atoms with Crippen LogP contribution in [0, 0.1) is 0 Å². The molecule has 0 spiro atoms. The molecule has 2 nitrogen and oxygen atoms in total. The molecule has 3 heteroatoms. The molecule has 0 radical (unpaired) electrons. The minimum absolute atomic E-state index is 0.675. The number of nitrogens with one attached hydrogen (secondary N) is 1. The van der Waals surface area contributed by atoms with Gasteiger partial charge in [0.15, 0.2) is 0 Å². The average molecular weight is 256 g/mol. The molecule has 0 bridgehead atoms. The van der Waals surface area contributed by atoms with Crippen LogP contribution in [0.4, 0.5) is 5.69 Å². The summed E-state index contributed by atoms with van der Waals surface area (Å²) in [6.07, 6.45) is 0. The monoisotopic (exact) mass is 255 g/mol. The molecule has 0 saturated carbocycles. The molecule has 1 aromatic carbocycles. The van der Waals surface area contributed by atoms with E-state index in [2.05, 4.69) is 27.8 Å². The number of anilines is 1. The lowest BCUT2D eigenvalue weighted by atomic mass is 10.3. The van der Waals surface area contributed by atoms with Gasteiger partial charge in [0.25, 0.3) is 0 Å². The van der Waals surface area contributed by atoms with Crippen LogP contribution in [0.1, 0.15) is 6.92 Å². The van der Waals surface area contributed by atoms with Crippen molar-refractivity contribution in [3.8, 4) is 5.75 Å². The van der Waals surface area contributed by atoms with Crippen molar-refractivity contribution in [3.63, 3.8) is 0 Å². The van der Waals surface area contributed by atoms with Gasteiger partial charge in [-0.05, 0) is 19.1 Å². The van der Waals surface area contributed by atoms with Gasteiger partial charge in [0.1, 0.15) is 5.75 Å². The van der Waals surface area contributed by atoms with Crippen molar-refractivity contribution >= 4 is 21.6 Å². The predicted molar refractivity (Wildman–Crippen MR) is 64.2 cm³/mol. The maximum atomic E-state index is 5.46. The molecule has 1 N–H and O–H groups in total. The molecule has 1 rings (SSSR count). The Morgan fingerprint density at radius 1 is 1.50 bits per heavy atom. The standard InChI is InChI=1S/C11H14BrNO/c1-3-14-11-7-5-4-6-10(11)13-8-9(2)12/h4-7,13H,2-3,8H2,1H3. The van der Waals surface area contributed by atoms with E-state index < -0.39 is 0 Å². The quantitative estimate of drug-likeness (QED) is 0.871. The molecule has 0 amide bonds. The van der Waals surface area contributed by atoms with Crippen molar-refractivity contribution in [1.82, 2.24) is 0 Å². The van der Waals surface area contributed by atoms with E-state index in [0.29, 0.717) is 13.2 Å². The van der Waals surface area contributed by atoms with Crippen LogP contribution in [0.3, 0.4) is 0 Å². The molecule has 0 aromatic heterocycles. The number of halogens is 1. The van der Waals surface area contributed by atoms with Crippen molar-refractivity contribution in [2.45, 2.75) is 6.92 Å². The fourth-order valence-electron chi connectivity index (χ4n) is 1.09. The number of benzene rings is 1. The molecular formula is C11H14BrNO. The van der Waals surface area contributed by atoms with Crippen LogP contribution in [0.15, 0.2) is 35.3 Å².